The highest BCUT2D eigenvalue weighted by Gasteiger charge is 2.19. The van der Waals surface area contributed by atoms with Crippen molar-refractivity contribution < 1.29 is 4.42 Å². The van der Waals surface area contributed by atoms with Gasteiger partial charge in [0.05, 0.1) is 15.9 Å². The van der Waals surface area contributed by atoms with Crippen molar-refractivity contribution in [3.05, 3.63) is 62.6 Å². The molecule has 0 aliphatic rings. The fourth-order valence-electron chi connectivity index (χ4n) is 2.87. The normalized spacial score (nSPS) is 11.1. The Morgan fingerprint density at radius 2 is 2.04 bits per heavy atom. The Kier molecular flexibility index (Phi) is 4.49. The van der Waals surface area contributed by atoms with Crippen LogP contribution in [0.15, 0.2) is 45.7 Å². The average Bonchev–Trinajstić information content (AvgIpc) is 3.07. The number of pyridine rings is 1. The highest BCUT2D eigenvalue weighted by atomic mass is 35.5. The Labute approximate surface area is 165 Å². The maximum Gasteiger partial charge on any atom is 0.347 e. The van der Waals surface area contributed by atoms with Crippen molar-refractivity contribution in [3.8, 4) is 17.4 Å². The summed E-state index contributed by atoms with van der Waals surface area (Å²) >= 11 is 12.3. The van der Waals surface area contributed by atoms with Crippen LogP contribution in [0.3, 0.4) is 0 Å². The van der Waals surface area contributed by atoms with Crippen molar-refractivity contribution in [2.24, 2.45) is 0 Å². The lowest BCUT2D eigenvalue weighted by Crippen LogP contribution is -2.14. The third-order valence-corrected chi connectivity index (χ3v) is 4.68. The zero-order valence-electron chi connectivity index (χ0n) is 14.5. The number of benzene rings is 1. The average molecular weight is 399 g/mol. The molecule has 9 heteroatoms. The third kappa shape index (κ3) is 3.13. The van der Waals surface area contributed by atoms with Crippen molar-refractivity contribution in [1.82, 2.24) is 19.7 Å². The predicted molar refractivity (Wildman–Crippen MR) is 108 cm³/mol. The zero-order valence-corrected chi connectivity index (χ0v) is 16.0. The predicted octanol–water partition coefficient (Wildman–Crippen LogP) is 3.16. The quantitative estimate of drug-likeness (QED) is 0.495. The summed E-state index contributed by atoms with van der Waals surface area (Å²) in [5, 5.41) is 5.75. The molecule has 4 aromatic rings. The van der Waals surface area contributed by atoms with E-state index in [1.807, 2.05) is 19.8 Å². The summed E-state index contributed by atoms with van der Waals surface area (Å²) in [6.07, 6.45) is 1.62. The van der Waals surface area contributed by atoms with Crippen LogP contribution >= 0.6 is 23.2 Å². The molecule has 0 unspecified atom stereocenters. The summed E-state index contributed by atoms with van der Waals surface area (Å²) in [7, 11) is 0.691. The molecule has 3 heterocycles. The molecule has 134 valence electrons. The number of hydrogen-bond acceptors (Lipinski definition) is 5. The smallest absolute Gasteiger partial charge is 0.347 e. The fraction of sp³-hybridized carbons (Fsp3) is 0.111. The molecule has 0 radical (unpaired) electrons. The number of hydrogen-bond donors (Lipinski definition) is 0. The second kappa shape index (κ2) is 6.83. The molecule has 0 aliphatic carbocycles. The number of rotatable bonds is 3. The molecule has 3 aromatic heterocycles. The standard InChI is InChI=1S/C18H13BCl2N4O2/c1-9-6-10(20)7-11-15(9)23-17(27-18(11)26)13-8-14(19-2)24-25(13)16-12(21)4-3-5-22-16/h3-8,19H,1-2H3. The molecule has 1 aromatic carbocycles. The number of aryl methyl sites for hydroxylation is 1. The second-order valence-corrected chi connectivity index (χ2v) is 6.86. The zero-order chi connectivity index (χ0) is 19.1. The Morgan fingerprint density at radius 3 is 2.78 bits per heavy atom. The van der Waals surface area contributed by atoms with E-state index in [-0.39, 0.29) is 5.89 Å². The van der Waals surface area contributed by atoms with Gasteiger partial charge >= 0.3 is 5.63 Å². The number of fused-ring (bicyclic) bond motifs is 1. The Balaban J connectivity index is 2.01. The minimum absolute atomic E-state index is 0.145. The second-order valence-electron chi connectivity index (χ2n) is 6.02. The topological polar surface area (TPSA) is 73.8 Å². The van der Waals surface area contributed by atoms with Crippen molar-refractivity contribution >= 4 is 47.0 Å². The molecule has 0 amide bonds. The Morgan fingerprint density at radius 1 is 1.22 bits per heavy atom. The van der Waals surface area contributed by atoms with Gasteiger partial charge in [0, 0.05) is 16.8 Å². The van der Waals surface area contributed by atoms with Gasteiger partial charge in [-0.25, -0.2) is 19.4 Å². The molecule has 0 saturated carbocycles. The Bertz CT molecular complexity index is 1240. The third-order valence-electron chi connectivity index (χ3n) is 4.17. The lowest BCUT2D eigenvalue weighted by molar-refractivity contribution is 0.513. The van der Waals surface area contributed by atoms with E-state index < -0.39 is 5.63 Å². The molecule has 6 nitrogen and oxygen atoms in total. The first kappa shape index (κ1) is 17.8. The van der Waals surface area contributed by atoms with Gasteiger partial charge in [0.15, 0.2) is 13.1 Å². The summed E-state index contributed by atoms with van der Waals surface area (Å²) < 4.78 is 7.03. The van der Waals surface area contributed by atoms with E-state index in [0.29, 0.717) is 39.7 Å². The van der Waals surface area contributed by atoms with E-state index in [4.69, 9.17) is 27.6 Å². The van der Waals surface area contributed by atoms with Gasteiger partial charge in [-0.1, -0.05) is 30.0 Å². The lowest BCUT2D eigenvalue weighted by Gasteiger charge is -2.08. The van der Waals surface area contributed by atoms with Crippen molar-refractivity contribution in [2.75, 3.05) is 0 Å². The molecule has 0 saturated heterocycles. The van der Waals surface area contributed by atoms with Crippen LogP contribution in [0.1, 0.15) is 5.56 Å². The van der Waals surface area contributed by atoms with Crippen LogP contribution in [0, 0.1) is 6.92 Å². The summed E-state index contributed by atoms with van der Waals surface area (Å²) in [5.41, 5.74) is 2.09. The van der Waals surface area contributed by atoms with Gasteiger partial charge in [-0.2, -0.15) is 5.10 Å². The van der Waals surface area contributed by atoms with Crippen LogP contribution in [0.5, 0.6) is 0 Å². The van der Waals surface area contributed by atoms with E-state index in [0.717, 1.165) is 11.2 Å². The van der Waals surface area contributed by atoms with Gasteiger partial charge in [0.2, 0.25) is 5.89 Å². The summed E-state index contributed by atoms with van der Waals surface area (Å²) in [6.45, 7) is 3.82. The van der Waals surface area contributed by atoms with Gasteiger partial charge in [-0.05, 0) is 42.8 Å². The van der Waals surface area contributed by atoms with E-state index in [1.54, 1.807) is 35.1 Å². The first-order chi connectivity index (χ1) is 13.0. The molecule has 0 N–H and O–H groups in total. The number of halogens is 2. The highest BCUT2D eigenvalue weighted by Crippen LogP contribution is 2.26. The largest absolute Gasteiger partial charge is 0.401 e. The Hall–Kier alpha value is -2.64. The van der Waals surface area contributed by atoms with Gasteiger partial charge in [0.1, 0.15) is 5.69 Å². The van der Waals surface area contributed by atoms with Crippen molar-refractivity contribution in [2.45, 2.75) is 13.7 Å². The van der Waals surface area contributed by atoms with Crippen LogP contribution < -0.4 is 11.2 Å². The SMILES string of the molecule is CBc1cc(-c2nc3c(C)cc(Cl)cc3c(=O)o2)n(-c2ncccc2Cl)n1. The van der Waals surface area contributed by atoms with Crippen LogP contribution in [-0.2, 0) is 0 Å². The maximum atomic E-state index is 12.5. The van der Waals surface area contributed by atoms with E-state index in [9.17, 15) is 4.79 Å². The fourth-order valence-corrected chi connectivity index (χ4v) is 3.34. The molecule has 4 rings (SSSR count). The van der Waals surface area contributed by atoms with Gasteiger partial charge in [0.25, 0.3) is 0 Å². The first-order valence-corrected chi connectivity index (χ1v) is 9.04. The molecule has 0 bridgehead atoms. The molecular formula is C18H13BCl2N4O2. The molecule has 0 spiro atoms. The summed E-state index contributed by atoms with van der Waals surface area (Å²) in [4.78, 5) is 21.4. The maximum absolute atomic E-state index is 12.5. The van der Waals surface area contributed by atoms with E-state index >= 15 is 0 Å². The van der Waals surface area contributed by atoms with Crippen molar-refractivity contribution in [1.29, 1.82) is 0 Å². The highest BCUT2D eigenvalue weighted by molar-refractivity contribution is 6.50. The van der Waals surface area contributed by atoms with Gasteiger partial charge < -0.3 is 4.42 Å². The van der Waals surface area contributed by atoms with Crippen LogP contribution in [-0.4, -0.2) is 27.0 Å². The minimum Gasteiger partial charge on any atom is -0.401 e. The van der Waals surface area contributed by atoms with Crippen LogP contribution in [0.4, 0.5) is 0 Å². The lowest BCUT2D eigenvalue weighted by atomic mass is 9.78. The number of aromatic nitrogens is 4. The minimum atomic E-state index is -0.515. The molecular weight excluding hydrogens is 386 g/mol. The molecule has 27 heavy (non-hydrogen) atoms. The van der Waals surface area contributed by atoms with Gasteiger partial charge in [-0.15, -0.1) is 0 Å². The summed E-state index contributed by atoms with van der Waals surface area (Å²) in [5.74, 6) is 0.582. The van der Waals surface area contributed by atoms with Gasteiger partial charge in [-0.3, -0.25) is 0 Å². The summed E-state index contributed by atoms with van der Waals surface area (Å²) in [6, 6.07) is 8.57. The van der Waals surface area contributed by atoms with E-state index in [2.05, 4.69) is 15.1 Å². The van der Waals surface area contributed by atoms with E-state index in [1.165, 1.54) is 0 Å². The monoisotopic (exact) mass is 398 g/mol. The first-order valence-electron chi connectivity index (χ1n) is 8.29. The molecule has 0 fully saturated rings. The molecule has 0 aliphatic heterocycles. The van der Waals surface area contributed by atoms with Crippen molar-refractivity contribution in [3.63, 3.8) is 0 Å². The van der Waals surface area contributed by atoms with Crippen LogP contribution in [0.2, 0.25) is 16.9 Å². The number of nitrogens with zero attached hydrogens (tertiary/aromatic N) is 4. The van der Waals surface area contributed by atoms with Crippen LogP contribution in [0.25, 0.3) is 28.3 Å². The molecule has 0 atom stereocenters.